The van der Waals surface area contributed by atoms with Crippen molar-refractivity contribution >= 4 is 0 Å². The fourth-order valence-corrected chi connectivity index (χ4v) is 2.61. The van der Waals surface area contributed by atoms with Gasteiger partial charge in [-0.05, 0) is 18.8 Å². The van der Waals surface area contributed by atoms with Gasteiger partial charge in [0.2, 0.25) is 0 Å². The highest BCUT2D eigenvalue weighted by Gasteiger charge is 2.28. The van der Waals surface area contributed by atoms with Crippen LogP contribution in [0.2, 0.25) is 0 Å². The molecule has 0 bridgehead atoms. The molecule has 96 valence electrons. The minimum atomic E-state index is 0.616. The third-order valence-electron chi connectivity index (χ3n) is 3.42. The number of nitrogens with one attached hydrogen (secondary N) is 1. The van der Waals surface area contributed by atoms with Crippen molar-refractivity contribution in [2.24, 2.45) is 11.8 Å². The number of hydrogen-bond acceptors (Lipinski definition) is 3. The number of piperazine rings is 1. The van der Waals surface area contributed by atoms with Gasteiger partial charge in [-0.15, -0.1) is 0 Å². The van der Waals surface area contributed by atoms with E-state index < -0.39 is 0 Å². The van der Waals surface area contributed by atoms with Crippen molar-refractivity contribution < 1.29 is 4.74 Å². The molecule has 0 aromatic carbocycles. The predicted molar refractivity (Wildman–Crippen MR) is 68.7 cm³/mol. The minimum Gasteiger partial charge on any atom is -0.384 e. The Morgan fingerprint density at radius 2 is 2.06 bits per heavy atom. The highest BCUT2D eigenvalue weighted by Crippen LogP contribution is 2.16. The first-order valence-corrected chi connectivity index (χ1v) is 6.51. The molecule has 0 spiro atoms. The SMILES string of the molecule is COCC(C)CN1CC(C)NCC1C(C)C. The lowest BCUT2D eigenvalue weighted by Gasteiger charge is -2.42. The third kappa shape index (κ3) is 4.04. The molecule has 3 nitrogen and oxygen atoms in total. The Balaban J connectivity index is 2.50. The Labute approximate surface area is 101 Å². The van der Waals surface area contributed by atoms with Crippen LogP contribution in [0.15, 0.2) is 0 Å². The average Bonchev–Trinajstić information content (AvgIpc) is 2.17. The van der Waals surface area contributed by atoms with Crippen molar-refractivity contribution in [1.29, 1.82) is 0 Å². The maximum absolute atomic E-state index is 5.23. The van der Waals surface area contributed by atoms with Crippen molar-refractivity contribution in [3.63, 3.8) is 0 Å². The standard InChI is InChI=1S/C13H28N2O/c1-10(2)13-6-14-12(4)8-15(13)7-11(3)9-16-5/h10-14H,6-9H2,1-5H3. The molecule has 0 aromatic rings. The van der Waals surface area contributed by atoms with E-state index >= 15 is 0 Å². The molecule has 0 aromatic heterocycles. The first-order valence-electron chi connectivity index (χ1n) is 6.51. The molecule has 0 radical (unpaired) electrons. The normalized spacial score (nSPS) is 29.6. The molecular formula is C13H28N2O. The van der Waals surface area contributed by atoms with Crippen LogP contribution in [0, 0.1) is 11.8 Å². The van der Waals surface area contributed by atoms with E-state index in [0.717, 1.165) is 32.2 Å². The number of nitrogens with zero attached hydrogens (tertiary/aromatic N) is 1. The van der Waals surface area contributed by atoms with Gasteiger partial charge in [0.25, 0.3) is 0 Å². The van der Waals surface area contributed by atoms with Gasteiger partial charge >= 0.3 is 0 Å². The maximum atomic E-state index is 5.23. The molecule has 0 amide bonds. The zero-order chi connectivity index (χ0) is 12.1. The zero-order valence-corrected chi connectivity index (χ0v) is 11.5. The van der Waals surface area contributed by atoms with Crippen molar-refractivity contribution in [2.75, 3.05) is 33.4 Å². The summed E-state index contributed by atoms with van der Waals surface area (Å²) < 4.78 is 5.23. The van der Waals surface area contributed by atoms with E-state index in [2.05, 4.69) is 37.9 Å². The summed E-state index contributed by atoms with van der Waals surface area (Å²) in [4.78, 5) is 2.63. The number of ether oxygens (including phenoxy) is 1. The van der Waals surface area contributed by atoms with Crippen LogP contribution in [0.3, 0.4) is 0 Å². The van der Waals surface area contributed by atoms with E-state index in [0.29, 0.717) is 18.0 Å². The lowest BCUT2D eigenvalue weighted by atomic mass is 9.97. The highest BCUT2D eigenvalue weighted by molar-refractivity contribution is 4.86. The molecule has 3 unspecified atom stereocenters. The van der Waals surface area contributed by atoms with Crippen molar-refractivity contribution in [1.82, 2.24) is 10.2 Å². The van der Waals surface area contributed by atoms with Crippen LogP contribution in [0.1, 0.15) is 27.7 Å². The summed E-state index contributed by atoms with van der Waals surface area (Å²) in [6.07, 6.45) is 0. The largest absolute Gasteiger partial charge is 0.384 e. The van der Waals surface area contributed by atoms with Crippen molar-refractivity contribution in [3.05, 3.63) is 0 Å². The molecule has 0 aliphatic carbocycles. The zero-order valence-electron chi connectivity index (χ0n) is 11.5. The van der Waals surface area contributed by atoms with Gasteiger partial charge in [-0.3, -0.25) is 4.90 Å². The number of methoxy groups -OCH3 is 1. The van der Waals surface area contributed by atoms with E-state index in [1.54, 1.807) is 7.11 Å². The molecule has 3 atom stereocenters. The van der Waals surface area contributed by atoms with Crippen molar-refractivity contribution in [2.45, 2.75) is 39.8 Å². The van der Waals surface area contributed by atoms with Crippen LogP contribution in [0.5, 0.6) is 0 Å². The monoisotopic (exact) mass is 228 g/mol. The molecule has 1 rings (SSSR count). The van der Waals surface area contributed by atoms with Crippen LogP contribution in [0.4, 0.5) is 0 Å². The first-order chi connectivity index (χ1) is 7.54. The Kier molecular flexibility index (Phi) is 5.73. The Morgan fingerprint density at radius 3 is 2.62 bits per heavy atom. The summed E-state index contributed by atoms with van der Waals surface area (Å²) in [6.45, 7) is 13.5. The maximum Gasteiger partial charge on any atom is 0.0500 e. The summed E-state index contributed by atoms with van der Waals surface area (Å²) >= 11 is 0. The van der Waals surface area contributed by atoms with E-state index in [9.17, 15) is 0 Å². The lowest BCUT2D eigenvalue weighted by molar-refractivity contribution is 0.0650. The summed E-state index contributed by atoms with van der Waals surface area (Å²) in [5.41, 5.74) is 0. The Hall–Kier alpha value is -0.120. The first kappa shape index (κ1) is 13.9. The fraction of sp³-hybridized carbons (Fsp3) is 1.00. The molecule has 1 aliphatic heterocycles. The van der Waals surface area contributed by atoms with Gasteiger partial charge < -0.3 is 10.1 Å². The summed E-state index contributed by atoms with van der Waals surface area (Å²) in [7, 11) is 1.79. The third-order valence-corrected chi connectivity index (χ3v) is 3.42. The molecule has 3 heteroatoms. The molecule has 1 saturated heterocycles. The minimum absolute atomic E-state index is 0.616. The molecule has 1 aliphatic rings. The van der Waals surface area contributed by atoms with E-state index in [4.69, 9.17) is 4.74 Å². The van der Waals surface area contributed by atoms with Crippen molar-refractivity contribution in [3.8, 4) is 0 Å². The van der Waals surface area contributed by atoms with Gasteiger partial charge in [-0.25, -0.2) is 0 Å². The van der Waals surface area contributed by atoms with Gasteiger partial charge in [0.15, 0.2) is 0 Å². The van der Waals surface area contributed by atoms with Crippen LogP contribution in [-0.4, -0.2) is 50.3 Å². The predicted octanol–water partition coefficient (Wildman–Crippen LogP) is 1.59. The van der Waals surface area contributed by atoms with Gasteiger partial charge in [0.05, 0.1) is 0 Å². The average molecular weight is 228 g/mol. The van der Waals surface area contributed by atoms with Gasteiger partial charge in [0, 0.05) is 45.4 Å². The topological polar surface area (TPSA) is 24.5 Å². The van der Waals surface area contributed by atoms with Crippen LogP contribution in [-0.2, 0) is 4.74 Å². The van der Waals surface area contributed by atoms with Crippen LogP contribution in [0.25, 0.3) is 0 Å². The van der Waals surface area contributed by atoms with Gasteiger partial charge in [-0.1, -0.05) is 20.8 Å². The number of hydrogen-bond donors (Lipinski definition) is 1. The lowest BCUT2D eigenvalue weighted by Crippen LogP contribution is -2.58. The molecule has 0 saturated carbocycles. The molecule has 1 heterocycles. The summed E-state index contributed by atoms with van der Waals surface area (Å²) in [5.74, 6) is 1.34. The second-order valence-corrected chi connectivity index (χ2v) is 5.64. The molecule has 1 N–H and O–H groups in total. The second kappa shape index (κ2) is 6.58. The summed E-state index contributed by atoms with van der Waals surface area (Å²) in [5, 5.41) is 3.58. The number of rotatable bonds is 5. The molecular weight excluding hydrogens is 200 g/mol. The van der Waals surface area contributed by atoms with Gasteiger partial charge in [0.1, 0.15) is 0 Å². The summed E-state index contributed by atoms with van der Waals surface area (Å²) in [6, 6.07) is 1.29. The molecule has 16 heavy (non-hydrogen) atoms. The second-order valence-electron chi connectivity index (χ2n) is 5.64. The Morgan fingerprint density at radius 1 is 1.38 bits per heavy atom. The smallest absolute Gasteiger partial charge is 0.0500 e. The quantitative estimate of drug-likeness (QED) is 0.773. The Bertz CT molecular complexity index is 196. The van der Waals surface area contributed by atoms with Gasteiger partial charge in [-0.2, -0.15) is 0 Å². The van der Waals surface area contributed by atoms with E-state index in [1.807, 2.05) is 0 Å². The van der Waals surface area contributed by atoms with Crippen LogP contribution >= 0.6 is 0 Å². The van der Waals surface area contributed by atoms with Crippen LogP contribution < -0.4 is 5.32 Å². The van der Waals surface area contributed by atoms with E-state index in [-0.39, 0.29) is 0 Å². The highest BCUT2D eigenvalue weighted by atomic mass is 16.5. The van der Waals surface area contributed by atoms with E-state index in [1.165, 1.54) is 0 Å². The fourth-order valence-electron chi connectivity index (χ4n) is 2.61. The molecule has 1 fully saturated rings.